The van der Waals surface area contributed by atoms with Gasteiger partial charge in [0.15, 0.2) is 5.82 Å². The third-order valence-electron chi connectivity index (χ3n) is 4.30. The fourth-order valence-corrected chi connectivity index (χ4v) is 2.72. The highest BCUT2D eigenvalue weighted by molar-refractivity contribution is 5.91. The molecule has 0 saturated heterocycles. The van der Waals surface area contributed by atoms with Gasteiger partial charge in [-0.15, -0.1) is 0 Å². The number of nitrogens with zero attached hydrogens (tertiary/aromatic N) is 3. The summed E-state index contributed by atoms with van der Waals surface area (Å²) in [6, 6.07) is 8.80. The number of anilines is 1. The second-order valence-corrected chi connectivity index (χ2v) is 6.46. The van der Waals surface area contributed by atoms with E-state index in [0.717, 1.165) is 17.6 Å². The SMILES string of the molecule is O=C(CCc1cncc(F)c1)Nc1ccc(-c2n[nH]c(C3CC3)n2)cc1. The van der Waals surface area contributed by atoms with Gasteiger partial charge in [-0.3, -0.25) is 14.9 Å². The van der Waals surface area contributed by atoms with Crippen molar-refractivity contribution < 1.29 is 9.18 Å². The molecule has 1 aliphatic carbocycles. The van der Waals surface area contributed by atoms with Crippen molar-refractivity contribution in [1.82, 2.24) is 20.2 Å². The van der Waals surface area contributed by atoms with Crippen molar-refractivity contribution in [3.63, 3.8) is 0 Å². The zero-order chi connectivity index (χ0) is 17.9. The minimum Gasteiger partial charge on any atom is -0.326 e. The number of hydrogen-bond donors (Lipinski definition) is 2. The number of carbonyl (C=O) groups is 1. The quantitative estimate of drug-likeness (QED) is 0.712. The molecule has 0 unspecified atom stereocenters. The Labute approximate surface area is 149 Å². The smallest absolute Gasteiger partial charge is 0.224 e. The Hall–Kier alpha value is -3.09. The van der Waals surface area contributed by atoms with E-state index < -0.39 is 5.82 Å². The molecule has 2 aromatic heterocycles. The molecule has 0 aliphatic heterocycles. The van der Waals surface area contributed by atoms with Crippen molar-refractivity contribution >= 4 is 11.6 Å². The van der Waals surface area contributed by atoms with Crippen molar-refractivity contribution in [3.05, 3.63) is 59.9 Å². The van der Waals surface area contributed by atoms with Crippen molar-refractivity contribution in [3.8, 4) is 11.4 Å². The van der Waals surface area contributed by atoms with Crippen molar-refractivity contribution in [2.45, 2.75) is 31.6 Å². The number of pyridine rings is 1. The summed E-state index contributed by atoms with van der Waals surface area (Å²) in [6.45, 7) is 0. The number of aryl methyl sites for hydroxylation is 1. The topological polar surface area (TPSA) is 83.6 Å². The molecule has 0 bridgehead atoms. The molecule has 1 amide bonds. The summed E-state index contributed by atoms with van der Waals surface area (Å²) in [5.74, 6) is 1.63. The van der Waals surface area contributed by atoms with Crippen LogP contribution in [0.2, 0.25) is 0 Å². The molecule has 7 heteroatoms. The van der Waals surface area contributed by atoms with E-state index in [0.29, 0.717) is 29.4 Å². The summed E-state index contributed by atoms with van der Waals surface area (Å²) in [5, 5.41) is 10.1. The monoisotopic (exact) mass is 351 g/mol. The maximum absolute atomic E-state index is 13.1. The first-order chi connectivity index (χ1) is 12.7. The van der Waals surface area contributed by atoms with E-state index in [1.54, 1.807) is 6.20 Å². The van der Waals surface area contributed by atoms with Gasteiger partial charge in [0, 0.05) is 29.8 Å². The van der Waals surface area contributed by atoms with Gasteiger partial charge in [-0.1, -0.05) is 0 Å². The third-order valence-corrected chi connectivity index (χ3v) is 4.30. The van der Waals surface area contributed by atoms with E-state index in [1.807, 2.05) is 24.3 Å². The molecular weight excluding hydrogens is 333 g/mol. The Morgan fingerprint density at radius 1 is 1.23 bits per heavy atom. The van der Waals surface area contributed by atoms with Gasteiger partial charge in [-0.05, 0) is 55.2 Å². The predicted octanol–water partition coefficient (Wildman–Crippen LogP) is 3.45. The predicted molar refractivity (Wildman–Crippen MR) is 94.9 cm³/mol. The van der Waals surface area contributed by atoms with Gasteiger partial charge < -0.3 is 5.32 Å². The number of hydrogen-bond acceptors (Lipinski definition) is 4. The van der Waals surface area contributed by atoms with Crippen molar-refractivity contribution in [2.75, 3.05) is 5.32 Å². The number of halogens is 1. The molecule has 3 aromatic rings. The lowest BCUT2D eigenvalue weighted by atomic mass is 10.1. The van der Waals surface area contributed by atoms with Gasteiger partial charge >= 0.3 is 0 Å². The molecule has 1 aromatic carbocycles. The van der Waals surface area contributed by atoms with Crippen LogP contribution in [0.3, 0.4) is 0 Å². The second-order valence-electron chi connectivity index (χ2n) is 6.46. The molecule has 6 nitrogen and oxygen atoms in total. The molecule has 2 N–H and O–H groups in total. The Kier molecular flexibility index (Phi) is 4.43. The number of rotatable bonds is 6. The molecule has 26 heavy (non-hydrogen) atoms. The van der Waals surface area contributed by atoms with Crippen LogP contribution in [0.25, 0.3) is 11.4 Å². The zero-order valence-electron chi connectivity index (χ0n) is 14.1. The lowest BCUT2D eigenvalue weighted by Crippen LogP contribution is -2.12. The molecule has 132 valence electrons. The number of carbonyl (C=O) groups excluding carboxylic acids is 1. The number of aromatic nitrogens is 4. The maximum atomic E-state index is 13.1. The summed E-state index contributed by atoms with van der Waals surface area (Å²) in [7, 11) is 0. The summed E-state index contributed by atoms with van der Waals surface area (Å²) in [5.41, 5.74) is 2.30. The van der Waals surface area contributed by atoms with Crippen molar-refractivity contribution in [2.24, 2.45) is 0 Å². The molecule has 1 aliphatic rings. The molecule has 2 heterocycles. The van der Waals surface area contributed by atoms with Crippen LogP contribution in [-0.4, -0.2) is 26.1 Å². The van der Waals surface area contributed by atoms with Gasteiger partial charge in [0.25, 0.3) is 0 Å². The Bertz CT molecular complexity index is 918. The van der Waals surface area contributed by atoms with Crippen LogP contribution in [0.4, 0.5) is 10.1 Å². The first-order valence-electron chi connectivity index (χ1n) is 8.59. The van der Waals surface area contributed by atoms with E-state index in [2.05, 4.69) is 25.5 Å². The molecule has 0 radical (unpaired) electrons. The maximum Gasteiger partial charge on any atom is 0.224 e. The van der Waals surface area contributed by atoms with Gasteiger partial charge in [-0.25, -0.2) is 9.37 Å². The lowest BCUT2D eigenvalue weighted by Gasteiger charge is -2.06. The minimum absolute atomic E-state index is 0.129. The normalized spacial score (nSPS) is 13.6. The van der Waals surface area contributed by atoms with Gasteiger partial charge in [0.2, 0.25) is 5.91 Å². The third kappa shape index (κ3) is 3.93. The Morgan fingerprint density at radius 2 is 2.04 bits per heavy atom. The van der Waals surface area contributed by atoms with Crippen LogP contribution < -0.4 is 5.32 Å². The molecule has 4 rings (SSSR count). The zero-order valence-corrected chi connectivity index (χ0v) is 14.1. The van der Waals surface area contributed by atoms with E-state index >= 15 is 0 Å². The Balaban J connectivity index is 1.33. The number of H-pyrrole nitrogens is 1. The van der Waals surface area contributed by atoms with Gasteiger partial charge in [-0.2, -0.15) is 5.10 Å². The number of benzene rings is 1. The molecule has 1 saturated carbocycles. The molecule has 0 spiro atoms. The van der Waals surface area contributed by atoms with E-state index in [-0.39, 0.29) is 12.3 Å². The van der Waals surface area contributed by atoms with Gasteiger partial charge in [0.05, 0.1) is 6.20 Å². The number of amides is 1. The highest BCUT2D eigenvalue weighted by atomic mass is 19.1. The molecule has 0 atom stereocenters. The first-order valence-corrected chi connectivity index (χ1v) is 8.59. The van der Waals surface area contributed by atoms with Crippen LogP contribution in [0, 0.1) is 5.82 Å². The minimum atomic E-state index is -0.393. The molecule has 1 fully saturated rings. The number of nitrogens with one attached hydrogen (secondary N) is 2. The van der Waals surface area contributed by atoms with Gasteiger partial charge in [0.1, 0.15) is 11.6 Å². The van der Waals surface area contributed by atoms with Crippen LogP contribution in [0.1, 0.15) is 36.6 Å². The first kappa shape index (κ1) is 16.4. The van der Waals surface area contributed by atoms with Crippen LogP contribution >= 0.6 is 0 Å². The highest BCUT2D eigenvalue weighted by Gasteiger charge is 2.27. The average Bonchev–Trinajstić information content (AvgIpc) is 3.38. The average molecular weight is 351 g/mol. The summed E-state index contributed by atoms with van der Waals surface area (Å²) >= 11 is 0. The molecular formula is C19H18FN5O. The lowest BCUT2D eigenvalue weighted by molar-refractivity contribution is -0.116. The number of aromatic amines is 1. The van der Waals surface area contributed by atoms with Crippen molar-refractivity contribution in [1.29, 1.82) is 0 Å². The Morgan fingerprint density at radius 3 is 2.77 bits per heavy atom. The summed E-state index contributed by atoms with van der Waals surface area (Å²) in [6.07, 6.45) is 5.76. The second kappa shape index (κ2) is 7.03. The largest absolute Gasteiger partial charge is 0.326 e. The van der Waals surface area contributed by atoms with E-state index in [1.165, 1.54) is 18.9 Å². The standard InChI is InChI=1S/C19H18FN5O/c20-15-9-12(10-21-11-15)1-8-17(26)22-16-6-4-14(5-7-16)19-23-18(24-25-19)13-2-3-13/h4-7,9-11,13H,1-3,8H2,(H,22,26)(H,23,24,25). The fraction of sp³-hybridized carbons (Fsp3) is 0.263. The fourth-order valence-electron chi connectivity index (χ4n) is 2.72. The van der Waals surface area contributed by atoms with E-state index in [4.69, 9.17) is 0 Å². The summed E-state index contributed by atoms with van der Waals surface area (Å²) in [4.78, 5) is 20.3. The van der Waals surface area contributed by atoms with Crippen LogP contribution in [-0.2, 0) is 11.2 Å². The van der Waals surface area contributed by atoms with E-state index in [9.17, 15) is 9.18 Å². The summed E-state index contributed by atoms with van der Waals surface area (Å²) < 4.78 is 13.1. The highest BCUT2D eigenvalue weighted by Crippen LogP contribution is 2.38. The van der Waals surface area contributed by atoms with Crippen LogP contribution in [0.5, 0.6) is 0 Å². The van der Waals surface area contributed by atoms with Crippen LogP contribution in [0.15, 0.2) is 42.7 Å².